The Bertz CT molecular complexity index is 210. The SMILES string of the molecule is C1=CCC(C2CC=CCCCC2)CCCC1. The number of hydrogen-bond acceptors (Lipinski definition) is 0. The normalized spacial score (nSPS) is 32.5. The van der Waals surface area contributed by atoms with E-state index in [1.165, 1.54) is 64.2 Å². The van der Waals surface area contributed by atoms with Crippen molar-refractivity contribution in [2.75, 3.05) is 0 Å². The Morgan fingerprint density at radius 2 is 1.06 bits per heavy atom. The average molecular weight is 218 g/mol. The van der Waals surface area contributed by atoms with Crippen LogP contribution in [0, 0.1) is 11.8 Å². The molecule has 0 bridgehead atoms. The van der Waals surface area contributed by atoms with Crippen LogP contribution in [0.1, 0.15) is 64.2 Å². The molecule has 0 aliphatic heterocycles. The van der Waals surface area contributed by atoms with Crippen molar-refractivity contribution in [3.05, 3.63) is 24.3 Å². The molecule has 0 nitrogen and oxygen atoms in total. The molecule has 0 fully saturated rings. The van der Waals surface area contributed by atoms with Crippen molar-refractivity contribution in [1.29, 1.82) is 0 Å². The minimum atomic E-state index is 0.972. The summed E-state index contributed by atoms with van der Waals surface area (Å²) in [4.78, 5) is 0. The molecule has 0 spiro atoms. The second-order valence-electron chi connectivity index (χ2n) is 5.50. The van der Waals surface area contributed by atoms with E-state index in [2.05, 4.69) is 24.3 Å². The number of hydrogen-bond donors (Lipinski definition) is 0. The summed E-state index contributed by atoms with van der Waals surface area (Å²) in [5.41, 5.74) is 0. The minimum absolute atomic E-state index is 0.972. The van der Waals surface area contributed by atoms with E-state index in [1.807, 2.05) is 0 Å². The maximum absolute atomic E-state index is 2.45. The Hall–Kier alpha value is -0.520. The van der Waals surface area contributed by atoms with Gasteiger partial charge in [-0.25, -0.2) is 0 Å². The molecule has 0 heterocycles. The molecule has 0 aromatic heterocycles. The molecule has 0 radical (unpaired) electrons. The fourth-order valence-corrected chi connectivity index (χ4v) is 3.21. The van der Waals surface area contributed by atoms with Gasteiger partial charge in [0.25, 0.3) is 0 Å². The molecule has 2 atom stereocenters. The van der Waals surface area contributed by atoms with Crippen LogP contribution in [0.4, 0.5) is 0 Å². The van der Waals surface area contributed by atoms with Gasteiger partial charge in [0, 0.05) is 0 Å². The van der Waals surface area contributed by atoms with Gasteiger partial charge in [-0.1, -0.05) is 37.1 Å². The Morgan fingerprint density at radius 3 is 1.56 bits per heavy atom. The molecular weight excluding hydrogens is 192 g/mol. The number of rotatable bonds is 1. The molecule has 0 heteroatoms. The van der Waals surface area contributed by atoms with Crippen LogP contribution in [0.25, 0.3) is 0 Å². The van der Waals surface area contributed by atoms with Crippen molar-refractivity contribution in [2.45, 2.75) is 64.2 Å². The van der Waals surface area contributed by atoms with Crippen molar-refractivity contribution in [3.8, 4) is 0 Å². The molecule has 16 heavy (non-hydrogen) atoms. The summed E-state index contributed by atoms with van der Waals surface area (Å²) >= 11 is 0. The monoisotopic (exact) mass is 218 g/mol. The summed E-state index contributed by atoms with van der Waals surface area (Å²) in [7, 11) is 0. The zero-order chi connectivity index (χ0) is 11.1. The first-order valence-electron chi connectivity index (χ1n) is 7.27. The van der Waals surface area contributed by atoms with E-state index in [0.717, 1.165) is 11.8 Å². The summed E-state index contributed by atoms with van der Waals surface area (Å²) in [6.45, 7) is 0. The van der Waals surface area contributed by atoms with Crippen LogP contribution in [-0.4, -0.2) is 0 Å². The third-order valence-corrected chi connectivity index (χ3v) is 4.27. The second-order valence-corrected chi connectivity index (χ2v) is 5.50. The number of allylic oxidation sites excluding steroid dienone is 4. The van der Waals surface area contributed by atoms with Gasteiger partial charge in [0.2, 0.25) is 0 Å². The Morgan fingerprint density at radius 1 is 0.562 bits per heavy atom. The molecule has 2 unspecified atom stereocenters. The van der Waals surface area contributed by atoms with Crippen molar-refractivity contribution in [3.63, 3.8) is 0 Å². The molecule has 2 aliphatic carbocycles. The summed E-state index contributed by atoms with van der Waals surface area (Å²) in [5.74, 6) is 1.94. The molecule has 90 valence electrons. The fourth-order valence-electron chi connectivity index (χ4n) is 3.21. The highest BCUT2D eigenvalue weighted by molar-refractivity contribution is 4.92. The van der Waals surface area contributed by atoms with Crippen molar-refractivity contribution < 1.29 is 0 Å². The standard InChI is InChI=1S/C16H26/c1-3-7-11-15(12-8-4-1)16-13-9-5-2-6-10-14-16/h3,5,7,9,15-16H,1-2,4,6,8,10-14H2. The molecule has 0 aromatic rings. The van der Waals surface area contributed by atoms with E-state index in [9.17, 15) is 0 Å². The molecule has 0 N–H and O–H groups in total. The van der Waals surface area contributed by atoms with Crippen LogP contribution < -0.4 is 0 Å². The Balaban J connectivity index is 1.91. The summed E-state index contributed by atoms with van der Waals surface area (Å²) < 4.78 is 0. The highest BCUT2D eigenvalue weighted by atomic mass is 14.2. The first-order chi connectivity index (χ1) is 7.97. The van der Waals surface area contributed by atoms with Gasteiger partial charge in [-0.05, 0) is 63.2 Å². The van der Waals surface area contributed by atoms with E-state index in [0.29, 0.717) is 0 Å². The van der Waals surface area contributed by atoms with E-state index < -0.39 is 0 Å². The smallest absolute Gasteiger partial charge is 0.0319 e. The first kappa shape index (κ1) is 12.0. The lowest BCUT2D eigenvalue weighted by molar-refractivity contribution is 0.279. The largest absolute Gasteiger partial charge is 0.0885 e. The highest BCUT2D eigenvalue weighted by Crippen LogP contribution is 2.32. The summed E-state index contributed by atoms with van der Waals surface area (Å²) in [6, 6.07) is 0. The van der Waals surface area contributed by atoms with Crippen LogP contribution in [0.5, 0.6) is 0 Å². The quantitative estimate of drug-likeness (QED) is 0.527. The molecule has 0 amide bonds. The summed E-state index contributed by atoms with van der Waals surface area (Å²) in [6.07, 6.45) is 23.7. The Kier molecular flexibility index (Phi) is 5.18. The van der Waals surface area contributed by atoms with Gasteiger partial charge in [0.1, 0.15) is 0 Å². The highest BCUT2D eigenvalue weighted by Gasteiger charge is 2.20. The molecule has 0 saturated heterocycles. The predicted octanol–water partition coefficient (Wildman–Crippen LogP) is 5.26. The van der Waals surface area contributed by atoms with Crippen LogP contribution in [0.3, 0.4) is 0 Å². The van der Waals surface area contributed by atoms with Gasteiger partial charge >= 0.3 is 0 Å². The maximum atomic E-state index is 2.45. The predicted molar refractivity (Wildman–Crippen MR) is 71.4 cm³/mol. The van der Waals surface area contributed by atoms with Crippen LogP contribution in [0.2, 0.25) is 0 Å². The molecule has 2 rings (SSSR count). The second kappa shape index (κ2) is 6.93. The van der Waals surface area contributed by atoms with Gasteiger partial charge in [-0.2, -0.15) is 0 Å². The Labute approximate surface area is 101 Å². The van der Waals surface area contributed by atoms with Gasteiger partial charge in [-0.3, -0.25) is 0 Å². The van der Waals surface area contributed by atoms with Gasteiger partial charge in [0.05, 0.1) is 0 Å². The first-order valence-corrected chi connectivity index (χ1v) is 7.27. The van der Waals surface area contributed by atoms with Crippen molar-refractivity contribution in [1.82, 2.24) is 0 Å². The fraction of sp³-hybridized carbons (Fsp3) is 0.750. The lowest BCUT2D eigenvalue weighted by Crippen LogP contribution is -2.15. The third kappa shape index (κ3) is 3.81. The minimum Gasteiger partial charge on any atom is -0.0885 e. The maximum Gasteiger partial charge on any atom is -0.0319 e. The van der Waals surface area contributed by atoms with Crippen LogP contribution >= 0.6 is 0 Å². The van der Waals surface area contributed by atoms with Crippen LogP contribution in [-0.2, 0) is 0 Å². The van der Waals surface area contributed by atoms with Gasteiger partial charge in [-0.15, -0.1) is 0 Å². The average Bonchev–Trinajstić information content (AvgIpc) is 2.18. The molecule has 0 aromatic carbocycles. The molecule has 2 aliphatic rings. The zero-order valence-corrected chi connectivity index (χ0v) is 10.5. The van der Waals surface area contributed by atoms with Crippen molar-refractivity contribution >= 4 is 0 Å². The topological polar surface area (TPSA) is 0 Å². The van der Waals surface area contributed by atoms with Gasteiger partial charge < -0.3 is 0 Å². The lowest BCUT2D eigenvalue weighted by atomic mass is 9.78. The van der Waals surface area contributed by atoms with E-state index >= 15 is 0 Å². The zero-order valence-electron chi connectivity index (χ0n) is 10.5. The van der Waals surface area contributed by atoms with Crippen molar-refractivity contribution in [2.24, 2.45) is 11.8 Å². The van der Waals surface area contributed by atoms with E-state index in [1.54, 1.807) is 0 Å². The lowest BCUT2D eigenvalue weighted by Gasteiger charge is -2.27. The van der Waals surface area contributed by atoms with Gasteiger partial charge in [0.15, 0.2) is 0 Å². The van der Waals surface area contributed by atoms with E-state index in [-0.39, 0.29) is 0 Å². The molecular formula is C16H26. The third-order valence-electron chi connectivity index (χ3n) is 4.27. The molecule has 0 saturated carbocycles. The summed E-state index contributed by atoms with van der Waals surface area (Å²) in [5, 5.41) is 0. The van der Waals surface area contributed by atoms with E-state index in [4.69, 9.17) is 0 Å². The van der Waals surface area contributed by atoms with Crippen LogP contribution in [0.15, 0.2) is 24.3 Å².